The predicted octanol–water partition coefficient (Wildman–Crippen LogP) is 3.02. The maximum Gasteiger partial charge on any atom is 0.252 e. The molecule has 2 aromatic heterocycles. The summed E-state index contributed by atoms with van der Waals surface area (Å²) in [7, 11) is -3.66. The quantitative estimate of drug-likeness (QED) is 0.776. The summed E-state index contributed by atoms with van der Waals surface area (Å²) in [6.45, 7) is 0.0686. The zero-order chi connectivity index (χ0) is 15.6. The van der Waals surface area contributed by atoms with Crippen molar-refractivity contribution in [2.75, 3.05) is 0 Å². The lowest BCUT2D eigenvalue weighted by Crippen LogP contribution is -2.22. The van der Waals surface area contributed by atoms with Gasteiger partial charge in [0.15, 0.2) is 4.21 Å². The van der Waals surface area contributed by atoms with Gasteiger partial charge in [0.2, 0.25) is 0 Å². The van der Waals surface area contributed by atoms with E-state index < -0.39 is 10.0 Å². The molecule has 0 saturated heterocycles. The van der Waals surface area contributed by atoms with E-state index in [4.69, 9.17) is 4.42 Å². The highest BCUT2D eigenvalue weighted by Gasteiger charge is 2.18. The van der Waals surface area contributed by atoms with Crippen molar-refractivity contribution in [2.24, 2.45) is 0 Å². The van der Waals surface area contributed by atoms with Crippen LogP contribution in [0.25, 0.3) is 10.6 Å². The van der Waals surface area contributed by atoms with E-state index in [1.807, 2.05) is 0 Å². The minimum atomic E-state index is -3.66. The number of furan rings is 1. The van der Waals surface area contributed by atoms with Gasteiger partial charge >= 0.3 is 0 Å². The van der Waals surface area contributed by atoms with E-state index in [2.05, 4.69) is 9.71 Å². The van der Waals surface area contributed by atoms with Crippen molar-refractivity contribution >= 4 is 21.4 Å². The number of halogens is 1. The number of aromatic nitrogens is 1. The molecule has 0 unspecified atom stereocenters. The van der Waals surface area contributed by atoms with Gasteiger partial charge in [0.1, 0.15) is 16.6 Å². The standard InChI is InChI=1S/C14H11FN2O3S2/c15-11-5-3-10(4-6-11)14-16-9-13(21-14)22(18,19)17-8-12-2-1-7-20-12/h1-7,9,17H,8H2. The molecule has 0 aliphatic heterocycles. The van der Waals surface area contributed by atoms with E-state index in [0.717, 1.165) is 11.3 Å². The highest BCUT2D eigenvalue weighted by molar-refractivity contribution is 7.91. The number of sulfonamides is 1. The third kappa shape index (κ3) is 3.24. The van der Waals surface area contributed by atoms with E-state index in [9.17, 15) is 12.8 Å². The number of hydrogen-bond acceptors (Lipinski definition) is 5. The Bertz CT molecular complexity index is 856. The van der Waals surface area contributed by atoms with Crippen LogP contribution in [0.4, 0.5) is 4.39 Å². The Balaban J connectivity index is 1.78. The van der Waals surface area contributed by atoms with Crippen LogP contribution in [0.15, 0.2) is 57.5 Å². The zero-order valence-electron chi connectivity index (χ0n) is 11.2. The van der Waals surface area contributed by atoms with Crippen molar-refractivity contribution in [1.82, 2.24) is 9.71 Å². The molecule has 0 spiro atoms. The Labute approximate surface area is 130 Å². The molecule has 22 heavy (non-hydrogen) atoms. The van der Waals surface area contributed by atoms with Gasteiger partial charge in [0.25, 0.3) is 10.0 Å². The molecule has 1 aromatic carbocycles. The highest BCUT2D eigenvalue weighted by atomic mass is 32.2. The second kappa shape index (κ2) is 5.99. The van der Waals surface area contributed by atoms with Crippen LogP contribution in [0, 0.1) is 5.82 Å². The van der Waals surface area contributed by atoms with Crippen LogP contribution in [0.1, 0.15) is 5.76 Å². The summed E-state index contributed by atoms with van der Waals surface area (Å²) in [5, 5.41) is 0.512. The van der Waals surface area contributed by atoms with Crippen LogP contribution in [-0.2, 0) is 16.6 Å². The van der Waals surface area contributed by atoms with Crippen molar-refractivity contribution in [1.29, 1.82) is 0 Å². The van der Waals surface area contributed by atoms with E-state index in [0.29, 0.717) is 16.3 Å². The fraction of sp³-hybridized carbons (Fsp3) is 0.0714. The molecular formula is C14H11FN2O3S2. The number of rotatable bonds is 5. The molecule has 1 N–H and O–H groups in total. The Morgan fingerprint density at radius 2 is 2.00 bits per heavy atom. The van der Waals surface area contributed by atoms with Gasteiger partial charge in [-0.3, -0.25) is 0 Å². The largest absolute Gasteiger partial charge is 0.468 e. The van der Waals surface area contributed by atoms with Crippen LogP contribution >= 0.6 is 11.3 Å². The van der Waals surface area contributed by atoms with Crippen molar-refractivity contribution in [3.8, 4) is 10.6 Å². The molecule has 3 aromatic rings. The fourth-order valence-corrected chi connectivity index (χ4v) is 3.93. The summed E-state index contributed by atoms with van der Waals surface area (Å²) in [5.41, 5.74) is 0.666. The number of nitrogens with one attached hydrogen (secondary N) is 1. The van der Waals surface area contributed by atoms with Gasteiger partial charge in [-0.25, -0.2) is 22.5 Å². The van der Waals surface area contributed by atoms with Crippen LogP contribution in [0.5, 0.6) is 0 Å². The maximum atomic E-state index is 12.9. The SMILES string of the molecule is O=S(=O)(NCc1ccco1)c1cnc(-c2ccc(F)cc2)s1. The van der Waals surface area contributed by atoms with Crippen molar-refractivity contribution in [3.63, 3.8) is 0 Å². The minimum Gasteiger partial charge on any atom is -0.468 e. The summed E-state index contributed by atoms with van der Waals surface area (Å²) in [4.78, 5) is 4.08. The molecule has 5 nitrogen and oxygen atoms in total. The van der Waals surface area contributed by atoms with Gasteiger partial charge in [-0.1, -0.05) is 0 Å². The molecule has 0 atom stereocenters. The van der Waals surface area contributed by atoms with Gasteiger partial charge in [-0.15, -0.1) is 11.3 Å². The first-order valence-corrected chi connectivity index (χ1v) is 8.58. The molecule has 0 saturated carbocycles. The molecule has 0 aliphatic rings. The molecular weight excluding hydrogens is 327 g/mol. The normalized spacial score (nSPS) is 11.7. The summed E-state index contributed by atoms with van der Waals surface area (Å²) in [5.74, 6) is 0.167. The Morgan fingerprint density at radius 3 is 2.68 bits per heavy atom. The number of benzene rings is 1. The second-order valence-corrected chi connectivity index (χ2v) is 7.42. The monoisotopic (exact) mass is 338 g/mol. The van der Waals surface area contributed by atoms with Crippen LogP contribution in [0.3, 0.4) is 0 Å². The van der Waals surface area contributed by atoms with Crippen LogP contribution < -0.4 is 4.72 Å². The first kappa shape index (κ1) is 14.9. The third-order valence-corrected chi connectivity index (χ3v) is 5.77. The Morgan fingerprint density at radius 1 is 1.23 bits per heavy atom. The van der Waals surface area contributed by atoms with Gasteiger partial charge in [0, 0.05) is 5.56 Å². The smallest absolute Gasteiger partial charge is 0.252 e. The molecule has 3 rings (SSSR count). The maximum absolute atomic E-state index is 12.9. The summed E-state index contributed by atoms with van der Waals surface area (Å²) in [6.07, 6.45) is 2.76. The average Bonchev–Trinajstić information content (AvgIpc) is 3.18. The first-order chi connectivity index (χ1) is 10.5. The zero-order valence-corrected chi connectivity index (χ0v) is 12.8. The minimum absolute atomic E-state index is 0.0686. The van der Waals surface area contributed by atoms with Gasteiger partial charge in [0.05, 0.1) is 19.0 Å². The molecule has 2 heterocycles. The molecule has 0 fully saturated rings. The lowest BCUT2D eigenvalue weighted by molar-refractivity contribution is 0.499. The average molecular weight is 338 g/mol. The topological polar surface area (TPSA) is 72.2 Å². The molecule has 0 bridgehead atoms. The van der Waals surface area contributed by atoms with Gasteiger partial charge in [-0.05, 0) is 36.4 Å². The summed E-state index contributed by atoms with van der Waals surface area (Å²) >= 11 is 1.02. The van der Waals surface area contributed by atoms with E-state index in [1.165, 1.54) is 24.6 Å². The summed E-state index contributed by atoms with van der Waals surface area (Å²) in [6, 6.07) is 9.09. The van der Waals surface area contributed by atoms with Crippen molar-refractivity contribution in [3.05, 3.63) is 60.4 Å². The third-order valence-electron chi connectivity index (χ3n) is 2.86. The fourth-order valence-electron chi connectivity index (χ4n) is 1.76. The first-order valence-electron chi connectivity index (χ1n) is 6.28. The van der Waals surface area contributed by atoms with Crippen molar-refractivity contribution in [2.45, 2.75) is 10.8 Å². The predicted molar refractivity (Wildman–Crippen MR) is 80.2 cm³/mol. The molecule has 0 amide bonds. The number of hydrogen-bond donors (Lipinski definition) is 1. The number of thiazole rings is 1. The lowest BCUT2D eigenvalue weighted by Gasteiger charge is -2.01. The summed E-state index contributed by atoms with van der Waals surface area (Å²) < 4.78 is 44.9. The molecule has 0 radical (unpaired) electrons. The van der Waals surface area contributed by atoms with Crippen LogP contribution in [0.2, 0.25) is 0 Å². The lowest BCUT2D eigenvalue weighted by atomic mass is 10.2. The molecule has 8 heteroatoms. The van der Waals surface area contributed by atoms with Crippen molar-refractivity contribution < 1.29 is 17.2 Å². The van der Waals surface area contributed by atoms with E-state index >= 15 is 0 Å². The Hall–Kier alpha value is -2.03. The number of nitrogens with zero attached hydrogens (tertiary/aromatic N) is 1. The van der Waals surface area contributed by atoms with E-state index in [-0.39, 0.29) is 16.6 Å². The van der Waals surface area contributed by atoms with Gasteiger partial charge in [-0.2, -0.15) is 0 Å². The second-order valence-electron chi connectivity index (χ2n) is 4.40. The highest BCUT2D eigenvalue weighted by Crippen LogP contribution is 2.28. The van der Waals surface area contributed by atoms with Gasteiger partial charge < -0.3 is 4.42 Å². The molecule has 0 aliphatic carbocycles. The van der Waals surface area contributed by atoms with Crippen LogP contribution in [-0.4, -0.2) is 13.4 Å². The Kier molecular flexibility index (Phi) is 4.06. The van der Waals surface area contributed by atoms with E-state index in [1.54, 1.807) is 24.3 Å². The molecule has 114 valence electrons.